The van der Waals surface area contributed by atoms with Crippen LogP contribution in [0, 0.1) is 12.8 Å². The number of aromatic nitrogens is 2. The summed E-state index contributed by atoms with van der Waals surface area (Å²) < 4.78 is 1.01. The van der Waals surface area contributed by atoms with Crippen LogP contribution in [0.1, 0.15) is 36.6 Å². The van der Waals surface area contributed by atoms with Gasteiger partial charge in [0.15, 0.2) is 6.04 Å². The number of carbonyl (C=O) groups excluding carboxylic acids is 1. The van der Waals surface area contributed by atoms with Crippen LogP contribution < -0.4 is 5.56 Å². The number of aliphatic carboxylic acids is 1. The predicted molar refractivity (Wildman–Crippen MR) is 67.0 cm³/mol. The van der Waals surface area contributed by atoms with Crippen molar-refractivity contribution in [2.75, 3.05) is 0 Å². The number of rotatable bonds is 6. The number of hydrogen-bond acceptors (Lipinski definition) is 4. The number of carboxylic acid groups (broad SMARTS) is 1. The Hall–Kier alpha value is -1.98. The van der Waals surface area contributed by atoms with E-state index in [2.05, 4.69) is 5.10 Å². The highest BCUT2D eigenvalue weighted by molar-refractivity contribution is 5.71. The van der Waals surface area contributed by atoms with Gasteiger partial charge in [0, 0.05) is 12.5 Å². The highest BCUT2D eigenvalue weighted by Gasteiger charge is 2.31. The van der Waals surface area contributed by atoms with Gasteiger partial charge >= 0.3 is 5.97 Å². The lowest BCUT2D eigenvalue weighted by Crippen LogP contribution is -2.33. The fourth-order valence-corrected chi connectivity index (χ4v) is 2.07. The molecule has 102 valence electrons. The summed E-state index contributed by atoms with van der Waals surface area (Å²) in [5.41, 5.74) is 0.640. The Morgan fingerprint density at radius 2 is 2.32 bits per heavy atom. The fraction of sp³-hybridized carbons (Fsp3) is 0.538. The molecule has 0 aliphatic heterocycles. The minimum atomic E-state index is -1.05. The summed E-state index contributed by atoms with van der Waals surface area (Å²) in [7, 11) is 0. The standard InChI is InChI=1S/C13H16N2O4/c1-8-6-12(17)15(14-10(8)4-5-16)11(13(18)19)7-9-2-3-9/h5-6,9,11H,2-4,7H2,1H3,(H,18,19). The minimum absolute atomic E-state index is 0.0852. The Bertz CT molecular complexity index is 560. The van der Waals surface area contributed by atoms with E-state index in [0.717, 1.165) is 17.5 Å². The van der Waals surface area contributed by atoms with Crippen LogP contribution in [-0.2, 0) is 16.0 Å². The van der Waals surface area contributed by atoms with Crippen LogP contribution in [0.2, 0.25) is 0 Å². The molecule has 6 nitrogen and oxygen atoms in total. The molecule has 1 N–H and O–H groups in total. The van der Waals surface area contributed by atoms with Crippen LogP contribution in [0.15, 0.2) is 10.9 Å². The van der Waals surface area contributed by atoms with Crippen molar-refractivity contribution in [3.8, 4) is 0 Å². The molecule has 0 amide bonds. The molecule has 0 bridgehead atoms. The average Bonchev–Trinajstić information content (AvgIpc) is 3.14. The third kappa shape index (κ3) is 3.07. The smallest absolute Gasteiger partial charge is 0.328 e. The Balaban J connectivity index is 2.39. The van der Waals surface area contributed by atoms with E-state index in [9.17, 15) is 19.5 Å². The molecule has 1 aromatic heterocycles. The van der Waals surface area contributed by atoms with Crippen LogP contribution >= 0.6 is 0 Å². The van der Waals surface area contributed by atoms with Gasteiger partial charge in [-0.2, -0.15) is 5.10 Å². The minimum Gasteiger partial charge on any atom is -0.480 e. The molecule has 1 atom stereocenters. The van der Waals surface area contributed by atoms with Gasteiger partial charge in [-0.3, -0.25) is 4.79 Å². The average molecular weight is 264 g/mol. The first kappa shape index (κ1) is 13.5. The zero-order valence-corrected chi connectivity index (χ0v) is 10.7. The van der Waals surface area contributed by atoms with E-state index in [4.69, 9.17) is 0 Å². The van der Waals surface area contributed by atoms with Gasteiger partial charge in [-0.25, -0.2) is 9.48 Å². The van der Waals surface area contributed by atoms with Gasteiger partial charge in [0.1, 0.15) is 6.29 Å². The van der Waals surface area contributed by atoms with Gasteiger partial charge in [-0.1, -0.05) is 12.8 Å². The van der Waals surface area contributed by atoms with Crippen molar-refractivity contribution >= 4 is 12.3 Å². The van der Waals surface area contributed by atoms with Crippen molar-refractivity contribution in [1.29, 1.82) is 0 Å². The zero-order valence-electron chi connectivity index (χ0n) is 10.7. The van der Waals surface area contributed by atoms with E-state index in [1.807, 2.05) is 0 Å². The van der Waals surface area contributed by atoms with Crippen LogP contribution in [0.3, 0.4) is 0 Å². The molecule has 2 rings (SSSR count). The van der Waals surface area contributed by atoms with Crippen molar-refractivity contribution < 1.29 is 14.7 Å². The summed E-state index contributed by atoms with van der Waals surface area (Å²) in [4.78, 5) is 33.8. The number of aldehydes is 1. The van der Waals surface area contributed by atoms with E-state index in [1.54, 1.807) is 6.92 Å². The first-order chi connectivity index (χ1) is 9.02. The van der Waals surface area contributed by atoms with Gasteiger partial charge < -0.3 is 9.90 Å². The van der Waals surface area contributed by atoms with Crippen molar-refractivity contribution in [2.45, 2.75) is 38.6 Å². The van der Waals surface area contributed by atoms with Crippen molar-refractivity contribution in [2.24, 2.45) is 5.92 Å². The number of hydrogen-bond donors (Lipinski definition) is 1. The molecule has 1 aromatic rings. The largest absolute Gasteiger partial charge is 0.480 e. The lowest BCUT2D eigenvalue weighted by molar-refractivity contribution is -0.141. The van der Waals surface area contributed by atoms with Crippen LogP contribution in [-0.4, -0.2) is 27.1 Å². The van der Waals surface area contributed by atoms with Gasteiger partial charge in [-0.05, 0) is 24.8 Å². The van der Waals surface area contributed by atoms with E-state index in [0.29, 0.717) is 29.9 Å². The normalized spacial score (nSPS) is 16.1. The Morgan fingerprint density at radius 1 is 1.63 bits per heavy atom. The van der Waals surface area contributed by atoms with E-state index >= 15 is 0 Å². The predicted octanol–water partition coefficient (Wildman–Crippen LogP) is 0.719. The molecule has 1 aliphatic carbocycles. The number of nitrogens with zero attached hydrogens (tertiary/aromatic N) is 2. The topological polar surface area (TPSA) is 89.3 Å². The van der Waals surface area contributed by atoms with Gasteiger partial charge in [-0.15, -0.1) is 0 Å². The van der Waals surface area contributed by atoms with E-state index < -0.39 is 17.6 Å². The second-order valence-corrected chi connectivity index (χ2v) is 4.96. The second kappa shape index (κ2) is 5.34. The van der Waals surface area contributed by atoms with Crippen LogP contribution in [0.25, 0.3) is 0 Å². The maximum Gasteiger partial charge on any atom is 0.328 e. The van der Waals surface area contributed by atoms with Crippen LogP contribution in [0.5, 0.6) is 0 Å². The molecule has 6 heteroatoms. The summed E-state index contributed by atoms with van der Waals surface area (Å²) in [6, 6.07) is 0.403. The SMILES string of the molecule is Cc1cc(=O)n(C(CC2CC2)C(=O)O)nc1CC=O. The maximum absolute atomic E-state index is 11.9. The lowest BCUT2D eigenvalue weighted by Gasteiger charge is -2.15. The summed E-state index contributed by atoms with van der Waals surface area (Å²) in [6.07, 6.45) is 3.21. The Labute approximate surface area is 110 Å². The molecule has 0 saturated heterocycles. The first-order valence-corrected chi connectivity index (χ1v) is 6.28. The Kier molecular flexibility index (Phi) is 3.78. The van der Waals surface area contributed by atoms with Gasteiger partial charge in [0.2, 0.25) is 0 Å². The quantitative estimate of drug-likeness (QED) is 0.765. The highest BCUT2D eigenvalue weighted by Crippen LogP contribution is 2.36. The number of carboxylic acids is 1. The molecule has 0 radical (unpaired) electrons. The molecule has 0 spiro atoms. The highest BCUT2D eigenvalue weighted by atomic mass is 16.4. The molecule has 1 fully saturated rings. The molecule has 1 heterocycles. The third-order valence-corrected chi connectivity index (χ3v) is 3.36. The maximum atomic E-state index is 11.9. The van der Waals surface area contributed by atoms with Gasteiger partial charge in [0.05, 0.1) is 5.69 Å². The second-order valence-electron chi connectivity index (χ2n) is 4.96. The Morgan fingerprint density at radius 3 is 2.84 bits per heavy atom. The zero-order chi connectivity index (χ0) is 14.0. The molecule has 1 saturated carbocycles. The molecule has 19 heavy (non-hydrogen) atoms. The molecular formula is C13H16N2O4. The van der Waals surface area contributed by atoms with E-state index in [1.165, 1.54) is 6.07 Å². The third-order valence-electron chi connectivity index (χ3n) is 3.36. The number of carbonyl (C=O) groups is 2. The van der Waals surface area contributed by atoms with Crippen molar-refractivity contribution in [3.05, 3.63) is 27.7 Å². The lowest BCUT2D eigenvalue weighted by atomic mass is 10.1. The molecule has 1 unspecified atom stereocenters. The van der Waals surface area contributed by atoms with Crippen molar-refractivity contribution in [3.63, 3.8) is 0 Å². The molecular weight excluding hydrogens is 248 g/mol. The number of aryl methyl sites for hydroxylation is 1. The molecule has 1 aliphatic rings. The van der Waals surface area contributed by atoms with Gasteiger partial charge in [0.25, 0.3) is 5.56 Å². The summed E-state index contributed by atoms with van der Waals surface area (Å²) >= 11 is 0. The van der Waals surface area contributed by atoms with Crippen molar-refractivity contribution in [1.82, 2.24) is 9.78 Å². The fourth-order valence-electron chi connectivity index (χ4n) is 2.07. The van der Waals surface area contributed by atoms with E-state index in [-0.39, 0.29) is 6.42 Å². The molecule has 0 aromatic carbocycles. The summed E-state index contributed by atoms with van der Waals surface area (Å²) in [5, 5.41) is 13.3. The van der Waals surface area contributed by atoms with Crippen LogP contribution in [0.4, 0.5) is 0 Å². The summed E-state index contributed by atoms with van der Waals surface area (Å²) in [6.45, 7) is 1.69. The first-order valence-electron chi connectivity index (χ1n) is 6.28. The monoisotopic (exact) mass is 264 g/mol. The summed E-state index contributed by atoms with van der Waals surface area (Å²) in [5.74, 6) is -0.687.